The van der Waals surface area contributed by atoms with Crippen LogP contribution < -0.4 is 4.90 Å². The topological polar surface area (TPSA) is 79.7 Å². The van der Waals surface area contributed by atoms with E-state index in [1.165, 1.54) is 4.90 Å². The van der Waals surface area contributed by atoms with Gasteiger partial charge in [-0.15, -0.1) is 0 Å². The van der Waals surface area contributed by atoms with Gasteiger partial charge in [-0.1, -0.05) is 0 Å². The van der Waals surface area contributed by atoms with Crippen LogP contribution in [-0.2, 0) is 14.3 Å². The van der Waals surface area contributed by atoms with Crippen molar-refractivity contribution in [2.45, 2.75) is 6.10 Å². The number of hydrogen-bond donors (Lipinski definition) is 1. The van der Waals surface area contributed by atoms with E-state index in [4.69, 9.17) is 9.84 Å². The van der Waals surface area contributed by atoms with Crippen molar-refractivity contribution in [3.63, 3.8) is 0 Å². The number of nitrogens with zero attached hydrogens (tertiary/aromatic N) is 2. The van der Waals surface area contributed by atoms with Crippen molar-refractivity contribution < 1.29 is 19.4 Å². The zero-order chi connectivity index (χ0) is 11.5. The molecule has 84 valence electrons. The minimum Gasteiger partial charge on any atom is -0.479 e. The first kappa shape index (κ1) is 10.6. The van der Waals surface area contributed by atoms with Crippen LogP contribution in [0.15, 0.2) is 24.5 Å². The first-order valence-corrected chi connectivity index (χ1v) is 4.73. The molecule has 0 aliphatic carbocycles. The van der Waals surface area contributed by atoms with Crippen molar-refractivity contribution >= 4 is 17.6 Å². The van der Waals surface area contributed by atoms with Gasteiger partial charge >= 0.3 is 5.97 Å². The summed E-state index contributed by atoms with van der Waals surface area (Å²) in [6.45, 7) is -0.183. The van der Waals surface area contributed by atoms with Gasteiger partial charge in [0.1, 0.15) is 6.61 Å². The first-order valence-electron chi connectivity index (χ1n) is 4.73. The highest BCUT2D eigenvalue weighted by Crippen LogP contribution is 2.17. The Morgan fingerprint density at radius 1 is 1.50 bits per heavy atom. The lowest BCUT2D eigenvalue weighted by Gasteiger charge is -2.30. The lowest BCUT2D eigenvalue weighted by Crippen LogP contribution is -2.49. The smallest absolute Gasteiger partial charge is 0.334 e. The van der Waals surface area contributed by atoms with E-state index in [-0.39, 0.29) is 19.1 Å². The van der Waals surface area contributed by atoms with Crippen LogP contribution in [0.25, 0.3) is 0 Å². The van der Waals surface area contributed by atoms with Crippen LogP contribution in [0.1, 0.15) is 0 Å². The van der Waals surface area contributed by atoms with Gasteiger partial charge in [0.2, 0.25) is 0 Å². The van der Waals surface area contributed by atoms with Gasteiger partial charge in [-0.25, -0.2) is 4.79 Å². The number of aliphatic carboxylic acids is 1. The number of morpholine rings is 1. The van der Waals surface area contributed by atoms with E-state index >= 15 is 0 Å². The summed E-state index contributed by atoms with van der Waals surface area (Å²) < 4.78 is 4.90. The number of pyridine rings is 1. The summed E-state index contributed by atoms with van der Waals surface area (Å²) >= 11 is 0. The van der Waals surface area contributed by atoms with Gasteiger partial charge < -0.3 is 14.7 Å². The van der Waals surface area contributed by atoms with Crippen molar-refractivity contribution in [3.05, 3.63) is 24.5 Å². The van der Waals surface area contributed by atoms with E-state index in [2.05, 4.69) is 4.98 Å². The van der Waals surface area contributed by atoms with Crippen LogP contribution >= 0.6 is 0 Å². The largest absolute Gasteiger partial charge is 0.479 e. The van der Waals surface area contributed by atoms with Gasteiger partial charge in [-0.3, -0.25) is 9.78 Å². The Kier molecular flexibility index (Phi) is 2.82. The molecule has 6 heteroatoms. The molecular weight excluding hydrogens is 212 g/mol. The van der Waals surface area contributed by atoms with E-state index in [1.807, 2.05) is 0 Å². The molecule has 2 rings (SSSR count). The Balaban J connectivity index is 2.19. The monoisotopic (exact) mass is 222 g/mol. The SMILES string of the molecule is O=C(O)C1CN(c2ccncc2)C(=O)CO1. The summed E-state index contributed by atoms with van der Waals surface area (Å²) in [5, 5.41) is 8.81. The van der Waals surface area contributed by atoms with Crippen molar-refractivity contribution in [1.82, 2.24) is 4.98 Å². The molecule has 1 aliphatic rings. The molecule has 1 saturated heterocycles. The summed E-state index contributed by atoms with van der Waals surface area (Å²) in [6, 6.07) is 3.31. The van der Waals surface area contributed by atoms with Crippen molar-refractivity contribution in [1.29, 1.82) is 0 Å². The van der Waals surface area contributed by atoms with Gasteiger partial charge in [0.25, 0.3) is 5.91 Å². The average molecular weight is 222 g/mol. The van der Waals surface area contributed by atoms with Gasteiger partial charge in [0, 0.05) is 18.1 Å². The third-order valence-corrected chi connectivity index (χ3v) is 2.31. The molecule has 1 aromatic heterocycles. The van der Waals surface area contributed by atoms with Crippen molar-refractivity contribution in [2.24, 2.45) is 0 Å². The van der Waals surface area contributed by atoms with Crippen molar-refractivity contribution in [3.8, 4) is 0 Å². The molecule has 0 aromatic carbocycles. The van der Waals surface area contributed by atoms with Crippen LogP contribution in [0, 0.1) is 0 Å². The maximum absolute atomic E-state index is 11.6. The average Bonchev–Trinajstić information content (AvgIpc) is 2.30. The summed E-state index contributed by atoms with van der Waals surface area (Å²) in [6.07, 6.45) is 2.13. The van der Waals surface area contributed by atoms with Gasteiger partial charge in [0.05, 0.1) is 6.54 Å². The van der Waals surface area contributed by atoms with Gasteiger partial charge in [0.15, 0.2) is 6.10 Å². The summed E-state index contributed by atoms with van der Waals surface area (Å²) in [5.74, 6) is -1.31. The van der Waals surface area contributed by atoms with Crippen LogP contribution in [0.5, 0.6) is 0 Å². The first-order chi connectivity index (χ1) is 7.68. The number of aromatic nitrogens is 1. The zero-order valence-electron chi connectivity index (χ0n) is 8.37. The molecule has 1 aromatic rings. The lowest BCUT2D eigenvalue weighted by atomic mass is 10.2. The van der Waals surface area contributed by atoms with Gasteiger partial charge in [-0.05, 0) is 12.1 Å². The highest BCUT2D eigenvalue weighted by molar-refractivity contribution is 5.96. The van der Waals surface area contributed by atoms with E-state index in [1.54, 1.807) is 24.5 Å². The lowest BCUT2D eigenvalue weighted by molar-refractivity contribution is -0.154. The molecule has 1 fully saturated rings. The fourth-order valence-electron chi connectivity index (χ4n) is 1.49. The van der Waals surface area contributed by atoms with Crippen LogP contribution in [0.4, 0.5) is 5.69 Å². The molecule has 0 radical (unpaired) electrons. The molecule has 0 saturated carbocycles. The molecule has 1 aliphatic heterocycles. The molecule has 1 unspecified atom stereocenters. The maximum atomic E-state index is 11.6. The predicted molar refractivity (Wildman–Crippen MR) is 54.0 cm³/mol. The van der Waals surface area contributed by atoms with E-state index in [0.29, 0.717) is 5.69 Å². The van der Waals surface area contributed by atoms with Crippen LogP contribution in [0.2, 0.25) is 0 Å². The minimum absolute atomic E-state index is 0.0260. The molecule has 6 nitrogen and oxygen atoms in total. The summed E-state index contributed by atoms with van der Waals surface area (Å²) in [7, 11) is 0. The highest BCUT2D eigenvalue weighted by Gasteiger charge is 2.31. The quantitative estimate of drug-likeness (QED) is 0.755. The Morgan fingerprint density at radius 3 is 2.81 bits per heavy atom. The second-order valence-corrected chi connectivity index (χ2v) is 3.35. The maximum Gasteiger partial charge on any atom is 0.334 e. The fourth-order valence-corrected chi connectivity index (χ4v) is 1.49. The zero-order valence-corrected chi connectivity index (χ0v) is 8.37. The third kappa shape index (κ3) is 2.01. The summed E-state index contributed by atoms with van der Waals surface area (Å²) in [4.78, 5) is 27.5. The molecular formula is C10H10N2O4. The molecule has 16 heavy (non-hydrogen) atoms. The molecule has 2 heterocycles. The number of rotatable bonds is 2. The number of hydrogen-bond acceptors (Lipinski definition) is 4. The van der Waals surface area contributed by atoms with E-state index in [9.17, 15) is 9.59 Å². The molecule has 1 atom stereocenters. The number of amides is 1. The van der Waals surface area contributed by atoms with Crippen molar-refractivity contribution in [2.75, 3.05) is 18.1 Å². The molecule has 1 N–H and O–H groups in total. The molecule has 0 bridgehead atoms. The number of carboxylic acid groups (broad SMARTS) is 1. The minimum atomic E-state index is -1.06. The number of carboxylic acids is 1. The second kappa shape index (κ2) is 4.28. The molecule has 1 amide bonds. The molecule has 0 spiro atoms. The van der Waals surface area contributed by atoms with E-state index in [0.717, 1.165) is 0 Å². The normalized spacial score (nSPS) is 20.9. The van der Waals surface area contributed by atoms with Crippen LogP contribution in [0.3, 0.4) is 0 Å². The van der Waals surface area contributed by atoms with Gasteiger partial charge in [-0.2, -0.15) is 0 Å². The number of anilines is 1. The Hall–Kier alpha value is -1.95. The second-order valence-electron chi connectivity index (χ2n) is 3.35. The number of ether oxygens (including phenoxy) is 1. The Labute approximate surface area is 91.5 Å². The predicted octanol–water partition coefficient (Wildman–Crippen LogP) is -0.102. The fraction of sp³-hybridized carbons (Fsp3) is 0.300. The Morgan fingerprint density at radius 2 is 2.19 bits per heavy atom. The third-order valence-electron chi connectivity index (χ3n) is 2.31. The van der Waals surface area contributed by atoms with Crippen LogP contribution in [-0.4, -0.2) is 41.2 Å². The number of carbonyl (C=O) groups excluding carboxylic acids is 1. The summed E-state index contributed by atoms with van der Waals surface area (Å²) in [5.41, 5.74) is 0.634. The standard InChI is InChI=1S/C10H10N2O4/c13-9-6-16-8(10(14)15)5-12(9)7-1-3-11-4-2-7/h1-4,8H,5-6H2,(H,14,15). The Bertz CT molecular complexity index is 407. The highest BCUT2D eigenvalue weighted by atomic mass is 16.5. The van der Waals surface area contributed by atoms with E-state index < -0.39 is 12.1 Å². The number of carbonyl (C=O) groups is 2.